The third-order valence-corrected chi connectivity index (χ3v) is 3.49. The molecule has 1 aromatic rings. The summed E-state index contributed by atoms with van der Waals surface area (Å²) in [5.41, 5.74) is -0.378. The quantitative estimate of drug-likeness (QED) is 0.833. The normalized spacial score (nSPS) is 16.9. The van der Waals surface area contributed by atoms with Gasteiger partial charge in [0.2, 0.25) is 0 Å². The molecule has 0 aliphatic heterocycles. The SMILES string of the molecule is O=C(NC1(CCl)CC1)c1cccc(Cl)c1F. The number of carbonyl (C=O) groups is 1. The predicted molar refractivity (Wildman–Crippen MR) is 61.6 cm³/mol. The van der Waals surface area contributed by atoms with Crippen molar-refractivity contribution in [2.75, 3.05) is 5.88 Å². The zero-order valence-electron chi connectivity index (χ0n) is 8.40. The molecule has 2 rings (SSSR count). The van der Waals surface area contributed by atoms with Gasteiger partial charge in [-0.3, -0.25) is 4.79 Å². The maximum Gasteiger partial charge on any atom is 0.254 e. The van der Waals surface area contributed by atoms with Gasteiger partial charge in [0.05, 0.1) is 16.1 Å². The van der Waals surface area contributed by atoms with Crippen molar-refractivity contribution in [3.05, 3.63) is 34.6 Å². The standard InChI is InChI=1S/C11H10Cl2FNO/c12-6-11(4-5-11)15-10(16)7-2-1-3-8(13)9(7)14/h1-3H,4-6H2,(H,15,16). The Morgan fingerprint density at radius 3 is 2.75 bits per heavy atom. The molecule has 0 spiro atoms. The predicted octanol–water partition coefficient (Wildman–Crippen LogP) is 2.98. The third kappa shape index (κ3) is 2.15. The Morgan fingerprint density at radius 1 is 1.50 bits per heavy atom. The summed E-state index contributed by atoms with van der Waals surface area (Å²) in [7, 11) is 0. The van der Waals surface area contributed by atoms with Crippen LogP contribution in [0.25, 0.3) is 0 Å². The van der Waals surface area contributed by atoms with Crippen LogP contribution in [0.4, 0.5) is 4.39 Å². The molecule has 0 aromatic heterocycles. The monoisotopic (exact) mass is 261 g/mol. The van der Waals surface area contributed by atoms with Crippen LogP contribution in [0.5, 0.6) is 0 Å². The molecule has 0 heterocycles. The van der Waals surface area contributed by atoms with Crippen molar-refractivity contribution in [2.24, 2.45) is 0 Å². The van der Waals surface area contributed by atoms with Crippen LogP contribution in [-0.2, 0) is 0 Å². The third-order valence-electron chi connectivity index (χ3n) is 2.68. The molecule has 1 aliphatic carbocycles. The second-order valence-electron chi connectivity index (χ2n) is 3.97. The van der Waals surface area contributed by atoms with Gasteiger partial charge in [-0.25, -0.2) is 4.39 Å². The molecule has 1 amide bonds. The highest BCUT2D eigenvalue weighted by Crippen LogP contribution is 2.36. The second-order valence-corrected chi connectivity index (χ2v) is 4.64. The number of hydrogen-bond donors (Lipinski definition) is 1. The van der Waals surface area contributed by atoms with Crippen molar-refractivity contribution in [3.63, 3.8) is 0 Å². The van der Waals surface area contributed by atoms with Crippen molar-refractivity contribution in [2.45, 2.75) is 18.4 Å². The fourth-order valence-corrected chi connectivity index (χ4v) is 1.94. The first-order chi connectivity index (χ1) is 7.58. The molecule has 0 atom stereocenters. The van der Waals surface area contributed by atoms with E-state index in [1.807, 2.05) is 0 Å². The number of alkyl halides is 1. The van der Waals surface area contributed by atoms with Crippen LogP contribution in [0.2, 0.25) is 5.02 Å². The molecular weight excluding hydrogens is 252 g/mol. The number of halogens is 3. The van der Waals surface area contributed by atoms with E-state index in [1.54, 1.807) is 6.07 Å². The summed E-state index contributed by atoms with van der Waals surface area (Å²) in [4.78, 5) is 11.8. The van der Waals surface area contributed by atoms with Crippen LogP contribution < -0.4 is 5.32 Å². The molecule has 0 unspecified atom stereocenters. The van der Waals surface area contributed by atoms with Gasteiger partial charge < -0.3 is 5.32 Å². The lowest BCUT2D eigenvalue weighted by atomic mass is 10.2. The Bertz CT molecular complexity index is 432. The number of carbonyl (C=O) groups excluding carboxylic acids is 1. The summed E-state index contributed by atoms with van der Waals surface area (Å²) in [6, 6.07) is 4.35. The molecule has 0 radical (unpaired) electrons. The molecule has 16 heavy (non-hydrogen) atoms. The van der Waals surface area contributed by atoms with Gasteiger partial charge >= 0.3 is 0 Å². The van der Waals surface area contributed by atoms with Crippen LogP contribution >= 0.6 is 23.2 Å². The lowest BCUT2D eigenvalue weighted by molar-refractivity contribution is 0.0932. The minimum absolute atomic E-state index is 0.0381. The Balaban J connectivity index is 2.18. The largest absolute Gasteiger partial charge is 0.345 e. The van der Waals surface area contributed by atoms with Crippen molar-refractivity contribution in [3.8, 4) is 0 Å². The zero-order valence-corrected chi connectivity index (χ0v) is 9.91. The fourth-order valence-electron chi connectivity index (χ4n) is 1.43. The molecule has 5 heteroatoms. The Hall–Kier alpha value is -0.800. The maximum atomic E-state index is 13.5. The van der Waals surface area contributed by atoms with Crippen LogP contribution in [-0.4, -0.2) is 17.3 Å². The molecule has 1 aromatic carbocycles. The van der Waals surface area contributed by atoms with Crippen molar-refractivity contribution < 1.29 is 9.18 Å². The van der Waals surface area contributed by atoms with Crippen LogP contribution in [0, 0.1) is 5.82 Å². The first-order valence-electron chi connectivity index (χ1n) is 4.90. The van der Waals surface area contributed by atoms with E-state index in [0.29, 0.717) is 5.88 Å². The van der Waals surface area contributed by atoms with Crippen LogP contribution in [0.3, 0.4) is 0 Å². The van der Waals surface area contributed by atoms with E-state index in [-0.39, 0.29) is 16.1 Å². The highest BCUT2D eigenvalue weighted by atomic mass is 35.5. The lowest BCUT2D eigenvalue weighted by Gasteiger charge is -2.14. The molecule has 86 valence electrons. The topological polar surface area (TPSA) is 29.1 Å². The van der Waals surface area contributed by atoms with Crippen LogP contribution in [0.1, 0.15) is 23.2 Å². The summed E-state index contributed by atoms with van der Waals surface area (Å²) in [5.74, 6) is -0.800. The molecule has 1 N–H and O–H groups in total. The summed E-state index contributed by atoms with van der Waals surface area (Å²) < 4.78 is 13.5. The van der Waals surface area contributed by atoms with E-state index >= 15 is 0 Å². The minimum Gasteiger partial charge on any atom is -0.345 e. The maximum absolute atomic E-state index is 13.5. The number of hydrogen-bond acceptors (Lipinski definition) is 1. The van der Waals surface area contributed by atoms with Gasteiger partial charge in [-0.05, 0) is 25.0 Å². The molecule has 0 bridgehead atoms. The zero-order chi connectivity index (χ0) is 11.8. The minimum atomic E-state index is -0.688. The first-order valence-corrected chi connectivity index (χ1v) is 5.82. The summed E-state index contributed by atoms with van der Waals surface area (Å²) in [6.07, 6.45) is 1.68. The van der Waals surface area contributed by atoms with E-state index in [9.17, 15) is 9.18 Å². The van der Waals surface area contributed by atoms with Crippen LogP contribution in [0.15, 0.2) is 18.2 Å². The highest BCUT2D eigenvalue weighted by molar-refractivity contribution is 6.31. The van der Waals surface area contributed by atoms with Gasteiger partial charge in [0.1, 0.15) is 0 Å². The molecule has 1 saturated carbocycles. The van der Waals surface area contributed by atoms with Gasteiger partial charge in [0.15, 0.2) is 5.82 Å². The molecule has 0 saturated heterocycles. The molecule has 2 nitrogen and oxygen atoms in total. The van der Waals surface area contributed by atoms with Crippen molar-refractivity contribution in [1.29, 1.82) is 0 Å². The van der Waals surface area contributed by atoms with Gasteiger partial charge in [0.25, 0.3) is 5.91 Å². The van der Waals surface area contributed by atoms with Crippen molar-refractivity contribution in [1.82, 2.24) is 5.32 Å². The highest BCUT2D eigenvalue weighted by Gasteiger charge is 2.43. The number of amides is 1. The van der Waals surface area contributed by atoms with E-state index in [4.69, 9.17) is 23.2 Å². The number of rotatable bonds is 3. The second kappa shape index (κ2) is 4.22. The Morgan fingerprint density at radius 2 is 2.19 bits per heavy atom. The number of benzene rings is 1. The average Bonchev–Trinajstić information content (AvgIpc) is 3.02. The van der Waals surface area contributed by atoms with Gasteiger partial charge in [-0.2, -0.15) is 0 Å². The summed E-state index contributed by atoms with van der Waals surface area (Å²) >= 11 is 11.3. The molecule has 1 aliphatic rings. The van der Waals surface area contributed by atoms with E-state index < -0.39 is 11.7 Å². The Kier molecular flexibility index (Phi) is 3.08. The van der Waals surface area contributed by atoms with Gasteiger partial charge in [-0.15, -0.1) is 11.6 Å². The molecule has 1 fully saturated rings. The lowest BCUT2D eigenvalue weighted by Crippen LogP contribution is -2.38. The summed E-state index contributed by atoms with van der Waals surface area (Å²) in [6.45, 7) is 0. The van der Waals surface area contributed by atoms with E-state index in [0.717, 1.165) is 12.8 Å². The summed E-state index contributed by atoms with van der Waals surface area (Å²) in [5, 5.41) is 2.68. The number of nitrogens with one attached hydrogen (secondary N) is 1. The molecular formula is C11H10Cl2FNO. The Labute approximate surface area is 103 Å². The van der Waals surface area contributed by atoms with E-state index in [2.05, 4.69) is 5.32 Å². The van der Waals surface area contributed by atoms with Gasteiger partial charge in [-0.1, -0.05) is 17.7 Å². The van der Waals surface area contributed by atoms with Gasteiger partial charge in [0, 0.05) is 5.88 Å². The average molecular weight is 262 g/mol. The fraction of sp³-hybridized carbons (Fsp3) is 0.364. The smallest absolute Gasteiger partial charge is 0.254 e. The van der Waals surface area contributed by atoms with E-state index in [1.165, 1.54) is 12.1 Å². The first kappa shape index (κ1) is 11.7. The van der Waals surface area contributed by atoms with Crippen molar-refractivity contribution >= 4 is 29.1 Å².